The van der Waals surface area contributed by atoms with E-state index < -0.39 is 0 Å². The van der Waals surface area contributed by atoms with E-state index in [1.807, 2.05) is 26.0 Å². The quantitative estimate of drug-likeness (QED) is 0.815. The lowest BCUT2D eigenvalue weighted by atomic mass is 10.1. The van der Waals surface area contributed by atoms with Crippen molar-refractivity contribution in [2.45, 2.75) is 26.4 Å². The van der Waals surface area contributed by atoms with Crippen LogP contribution in [0.25, 0.3) is 6.08 Å². The SMILES string of the molecule is CCOc1cc2c(cc1/C=C/C(=O)Nc1ccc3c(c1)OCO3)O[C@@H](C)C2. The van der Waals surface area contributed by atoms with Gasteiger partial charge in [-0.1, -0.05) is 0 Å². The highest BCUT2D eigenvalue weighted by Crippen LogP contribution is 2.36. The fraction of sp³-hybridized carbons (Fsp3) is 0.286. The van der Waals surface area contributed by atoms with Gasteiger partial charge in [0.25, 0.3) is 0 Å². The van der Waals surface area contributed by atoms with Gasteiger partial charge in [0.15, 0.2) is 11.5 Å². The molecule has 0 saturated carbocycles. The summed E-state index contributed by atoms with van der Waals surface area (Å²) in [6.07, 6.45) is 4.24. The number of ether oxygens (including phenoxy) is 4. The first-order chi connectivity index (χ1) is 13.1. The van der Waals surface area contributed by atoms with Gasteiger partial charge in [-0.3, -0.25) is 4.79 Å². The summed E-state index contributed by atoms with van der Waals surface area (Å²) in [5, 5.41) is 2.82. The Morgan fingerprint density at radius 1 is 1.22 bits per heavy atom. The second-order valence-electron chi connectivity index (χ2n) is 6.45. The minimum Gasteiger partial charge on any atom is -0.493 e. The van der Waals surface area contributed by atoms with Gasteiger partial charge in [-0.25, -0.2) is 0 Å². The molecule has 27 heavy (non-hydrogen) atoms. The number of anilines is 1. The number of rotatable bonds is 5. The fourth-order valence-corrected chi connectivity index (χ4v) is 3.19. The van der Waals surface area contributed by atoms with Crippen LogP contribution in [0.5, 0.6) is 23.0 Å². The first kappa shape index (κ1) is 17.3. The van der Waals surface area contributed by atoms with Gasteiger partial charge in [0, 0.05) is 35.4 Å². The zero-order valence-corrected chi connectivity index (χ0v) is 15.3. The van der Waals surface area contributed by atoms with Crippen LogP contribution in [-0.4, -0.2) is 25.4 Å². The summed E-state index contributed by atoms with van der Waals surface area (Å²) in [6.45, 7) is 4.73. The molecule has 0 aliphatic carbocycles. The molecule has 0 fully saturated rings. The van der Waals surface area contributed by atoms with Crippen LogP contribution in [0, 0.1) is 0 Å². The van der Waals surface area contributed by atoms with Gasteiger partial charge in [0.05, 0.1) is 6.61 Å². The van der Waals surface area contributed by atoms with E-state index in [0.717, 1.165) is 29.0 Å². The Bertz CT molecular complexity index is 906. The third-order valence-corrected chi connectivity index (χ3v) is 4.38. The average molecular weight is 367 g/mol. The van der Waals surface area contributed by atoms with Crippen molar-refractivity contribution in [3.05, 3.63) is 47.5 Å². The number of carbonyl (C=O) groups excluding carboxylic acids is 1. The predicted octanol–water partition coefficient (Wildman–Crippen LogP) is 3.79. The topological polar surface area (TPSA) is 66.0 Å². The van der Waals surface area contributed by atoms with E-state index in [2.05, 4.69) is 5.32 Å². The first-order valence-electron chi connectivity index (χ1n) is 8.97. The molecule has 0 aromatic heterocycles. The first-order valence-corrected chi connectivity index (χ1v) is 8.97. The summed E-state index contributed by atoms with van der Waals surface area (Å²) in [4.78, 5) is 12.3. The maximum atomic E-state index is 12.3. The Balaban J connectivity index is 1.50. The van der Waals surface area contributed by atoms with E-state index in [0.29, 0.717) is 23.8 Å². The van der Waals surface area contributed by atoms with Gasteiger partial charge in [-0.15, -0.1) is 0 Å². The van der Waals surface area contributed by atoms with Crippen molar-refractivity contribution in [3.63, 3.8) is 0 Å². The van der Waals surface area contributed by atoms with Crippen molar-refractivity contribution in [2.24, 2.45) is 0 Å². The van der Waals surface area contributed by atoms with Crippen molar-refractivity contribution in [3.8, 4) is 23.0 Å². The highest BCUT2D eigenvalue weighted by atomic mass is 16.7. The molecule has 2 aliphatic rings. The molecule has 6 heteroatoms. The molecule has 6 nitrogen and oxygen atoms in total. The third kappa shape index (κ3) is 3.69. The van der Waals surface area contributed by atoms with Crippen LogP contribution in [-0.2, 0) is 11.2 Å². The van der Waals surface area contributed by atoms with Crippen LogP contribution >= 0.6 is 0 Å². The molecule has 1 amide bonds. The molecule has 0 radical (unpaired) electrons. The molecule has 2 heterocycles. The summed E-state index contributed by atoms with van der Waals surface area (Å²) < 4.78 is 22.1. The Hall–Kier alpha value is -3.15. The number of amides is 1. The number of hydrogen-bond donors (Lipinski definition) is 1. The van der Waals surface area contributed by atoms with Gasteiger partial charge in [-0.2, -0.15) is 0 Å². The van der Waals surface area contributed by atoms with E-state index in [1.165, 1.54) is 6.08 Å². The van der Waals surface area contributed by atoms with E-state index in [1.54, 1.807) is 24.3 Å². The van der Waals surface area contributed by atoms with Gasteiger partial charge in [0.2, 0.25) is 12.7 Å². The summed E-state index contributed by atoms with van der Waals surface area (Å²) in [5.74, 6) is 2.66. The molecule has 4 rings (SSSR count). The van der Waals surface area contributed by atoms with Crippen molar-refractivity contribution in [1.82, 2.24) is 0 Å². The number of hydrogen-bond acceptors (Lipinski definition) is 5. The van der Waals surface area contributed by atoms with Crippen molar-refractivity contribution < 1.29 is 23.7 Å². The summed E-state index contributed by atoms with van der Waals surface area (Å²) in [7, 11) is 0. The molecule has 2 aromatic rings. The number of nitrogens with one attached hydrogen (secondary N) is 1. The normalized spacial score (nSPS) is 16.9. The lowest BCUT2D eigenvalue weighted by Crippen LogP contribution is -2.07. The zero-order chi connectivity index (χ0) is 18.8. The molecule has 0 unspecified atom stereocenters. The lowest BCUT2D eigenvalue weighted by Gasteiger charge is -2.10. The van der Waals surface area contributed by atoms with Gasteiger partial charge in [-0.05, 0) is 44.2 Å². The monoisotopic (exact) mass is 367 g/mol. The number of benzene rings is 2. The van der Waals surface area contributed by atoms with Crippen molar-refractivity contribution in [1.29, 1.82) is 0 Å². The third-order valence-electron chi connectivity index (χ3n) is 4.38. The summed E-state index contributed by atoms with van der Waals surface area (Å²) in [6, 6.07) is 9.21. The second-order valence-corrected chi connectivity index (χ2v) is 6.45. The van der Waals surface area contributed by atoms with E-state index in [9.17, 15) is 4.79 Å². The number of fused-ring (bicyclic) bond motifs is 2. The van der Waals surface area contributed by atoms with Gasteiger partial charge >= 0.3 is 0 Å². The zero-order valence-electron chi connectivity index (χ0n) is 15.3. The minimum atomic E-state index is -0.244. The summed E-state index contributed by atoms with van der Waals surface area (Å²) >= 11 is 0. The summed E-state index contributed by atoms with van der Waals surface area (Å²) in [5.41, 5.74) is 2.59. The highest BCUT2D eigenvalue weighted by molar-refractivity contribution is 6.02. The minimum absolute atomic E-state index is 0.156. The maximum Gasteiger partial charge on any atom is 0.248 e. The smallest absolute Gasteiger partial charge is 0.248 e. The van der Waals surface area contributed by atoms with Crippen LogP contribution in [0.2, 0.25) is 0 Å². The molecular weight excluding hydrogens is 346 g/mol. The Kier molecular flexibility index (Phi) is 4.62. The van der Waals surface area contributed by atoms with Crippen molar-refractivity contribution >= 4 is 17.7 Å². The van der Waals surface area contributed by atoms with Crippen LogP contribution in [0.4, 0.5) is 5.69 Å². The van der Waals surface area contributed by atoms with Crippen LogP contribution in [0.15, 0.2) is 36.4 Å². The maximum absolute atomic E-state index is 12.3. The highest BCUT2D eigenvalue weighted by Gasteiger charge is 2.21. The molecule has 2 aromatic carbocycles. The molecule has 1 atom stereocenters. The molecular formula is C21H21NO5. The Morgan fingerprint density at radius 3 is 2.93 bits per heavy atom. The molecule has 0 saturated heterocycles. The van der Waals surface area contributed by atoms with Crippen LogP contribution in [0.3, 0.4) is 0 Å². The molecule has 2 aliphatic heterocycles. The average Bonchev–Trinajstić information content (AvgIpc) is 3.24. The molecule has 0 bridgehead atoms. The predicted molar refractivity (Wildman–Crippen MR) is 102 cm³/mol. The van der Waals surface area contributed by atoms with Gasteiger partial charge < -0.3 is 24.3 Å². The largest absolute Gasteiger partial charge is 0.493 e. The molecule has 1 N–H and O–H groups in total. The van der Waals surface area contributed by atoms with E-state index in [-0.39, 0.29) is 18.8 Å². The van der Waals surface area contributed by atoms with Crippen LogP contribution in [0.1, 0.15) is 25.0 Å². The van der Waals surface area contributed by atoms with E-state index >= 15 is 0 Å². The Labute approximate surface area is 157 Å². The lowest BCUT2D eigenvalue weighted by molar-refractivity contribution is -0.111. The molecule has 0 spiro atoms. The number of carbonyl (C=O) groups is 1. The van der Waals surface area contributed by atoms with Crippen LogP contribution < -0.4 is 24.3 Å². The fourth-order valence-electron chi connectivity index (χ4n) is 3.19. The van der Waals surface area contributed by atoms with Crippen molar-refractivity contribution in [2.75, 3.05) is 18.7 Å². The Morgan fingerprint density at radius 2 is 2.07 bits per heavy atom. The van der Waals surface area contributed by atoms with E-state index in [4.69, 9.17) is 18.9 Å². The molecule has 140 valence electrons. The van der Waals surface area contributed by atoms with Gasteiger partial charge in [0.1, 0.15) is 17.6 Å². The second kappa shape index (κ2) is 7.23. The standard InChI is InChI=1S/C21H21NO5/c1-3-24-18-10-15-8-13(2)27-19(15)9-14(18)4-7-21(23)22-16-5-6-17-20(11-16)26-12-25-17/h4-7,9-11,13H,3,8,12H2,1-2H3,(H,22,23)/b7-4+/t13-/m0/s1.